The summed E-state index contributed by atoms with van der Waals surface area (Å²) in [6.07, 6.45) is 0. The Morgan fingerprint density at radius 1 is 1.37 bits per heavy atom. The summed E-state index contributed by atoms with van der Waals surface area (Å²) in [7, 11) is 2.15. The van der Waals surface area contributed by atoms with Crippen LogP contribution in [-0.4, -0.2) is 44.2 Å². The maximum absolute atomic E-state index is 13.4. The fourth-order valence-electron chi connectivity index (χ4n) is 2.73. The van der Waals surface area contributed by atoms with Crippen LogP contribution in [0.5, 0.6) is 0 Å². The molecule has 0 aromatic heterocycles. The number of anilines is 1. The van der Waals surface area contributed by atoms with E-state index >= 15 is 0 Å². The smallest absolute Gasteiger partial charge is 0.123 e. The van der Waals surface area contributed by atoms with Crippen LogP contribution in [0.15, 0.2) is 18.2 Å². The molecule has 1 unspecified atom stereocenters. The van der Waals surface area contributed by atoms with Crippen molar-refractivity contribution in [3.63, 3.8) is 0 Å². The summed E-state index contributed by atoms with van der Waals surface area (Å²) < 4.78 is 13.4. The largest absolute Gasteiger partial charge is 0.366 e. The molecule has 1 aromatic rings. The number of halogens is 1. The number of benzene rings is 1. The highest BCUT2D eigenvalue weighted by Crippen LogP contribution is 2.25. The van der Waals surface area contributed by atoms with E-state index in [0.717, 1.165) is 38.3 Å². The van der Waals surface area contributed by atoms with Crippen molar-refractivity contribution in [2.75, 3.05) is 38.1 Å². The SMILES string of the molecule is CCNCc1cc(F)ccc1N1CCN(C)CC1C. The van der Waals surface area contributed by atoms with Crippen molar-refractivity contribution in [2.24, 2.45) is 0 Å². The Balaban J connectivity index is 2.22. The minimum atomic E-state index is -0.154. The van der Waals surface area contributed by atoms with Crippen LogP contribution in [0.2, 0.25) is 0 Å². The van der Waals surface area contributed by atoms with Crippen LogP contribution in [-0.2, 0) is 6.54 Å². The molecule has 1 N–H and O–H groups in total. The predicted molar refractivity (Wildman–Crippen MR) is 78.1 cm³/mol. The van der Waals surface area contributed by atoms with E-state index in [9.17, 15) is 4.39 Å². The zero-order valence-electron chi connectivity index (χ0n) is 12.1. The minimum Gasteiger partial charge on any atom is -0.366 e. The predicted octanol–water partition coefficient (Wildman–Crippen LogP) is 2.08. The Labute approximate surface area is 115 Å². The summed E-state index contributed by atoms with van der Waals surface area (Å²) in [6, 6.07) is 5.60. The number of nitrogens with one attached hydrogen (secondary N) is 1. The van der Waals surface area contributed by atoms with Crippen LogP contribution >= 0.6 is 0 Å². The maximum atomic E-state index is 13.4. The van der Waals surface area contributed by atoms with Crippen molar-refractivity contribution in [1.29, 1.82) is 0 Å². The summed E-state index contributed by atoms with van der Waals surface area (Å²) in [6.45, 7) is 9.03. The summed E-state index contributed by atoms with van der Waals surface area (Å²) in [5, 5.41) is 3.29. The third kappa shape index (κ3) is 3.45. The van der Waals surface area contributed by atoms with Gasteiger partial charge < -0.3 is 15.1 Å². The van der Waals surface area contributed by atoms with Crippen LogP contribution in [0.4, 0.5) is 10.1 Å². The molecule has 1 aromatic carbocycles. The second-order valence-electron chi connectivity index (χ2n) is 5.36. The molecule has 19 heavy (non-hydrogen) atoms. The fourth-order valence-corrected chi connectivity index (χ4v) is 2.73. The van der Waals surface area contributed by atoms with Crippen LogP contribution < -0.4 is 10.2 Å². The van der Waals surface area contributed by atoms with Crippen LogP contribution in [0.25, 0.3) is 0 Å². The Kier molecular flexibility index (Phi) is 4.77. The third-order valence-corrected chi connectivity index (χ3v) is 3.75. The van der Waals surface area contributed by atoms with Gasteiger partial charge in [-0.3, -0.25) is 0 Å². The molecule has 106 valence electrons. The summed E-state index contributed by atoms with van der Waals surface area (Å²) in [5.41, 5.74) is 2.22. The molecular formula is C15H24FN3. The first-order valence-electron chi connectivity index (χ1n) is 7.06. The monoisotopic (exact) mass is 265 g/mol. The first-order chi connectivity index (χ1) is 9.11. The Bertz CT molecular complexity index is 422. The molecule has 0 radical (unpaired) electrons. The van der Waals surface area contributed by atoms with Gasteiger partial charge in [0.25, 0.3) is 0 Å². The lowest BCUT2D eigenvalue weighted by molar-refractivity contribution is 0.275. The van der Waals surface area contributed by atoms with Crippen molar-refractivity contribution in [3.05, 3.63) is 29.6 Å². The second kappa shape index (κ2) is 6.35. The van der Waals surface area contributed by atoms with Gasteiger partial charge >= 0.3 is 0 Å². The molecule has 0 amide bonds. The van der Waals surface area contributed by atoms with Crippen molar-refractivity contribution < 1.29 is 4.39 Å². The average Bonchev–Trinajstić information content (AvgIpc) is 2.37. The number of rotatable bonds is 4. The van der Waals surface area contributed by atoms with Crippen molar-refractivity contribution in [1.82, 2.24) is 10.2 Å². The molecule has 1 heterocycles. The summed E-state index contributed by atoms with van der Waals surface area (Å²) >= 11 is 0. The highest BCUT2D eigenvalue weighted by molar-refractivity contribution is 5.55. The topological polar surface area (TPSA) is 18.5 Å². The highest BCUT2D eigenvalue weighted by Gasteiger charge is 2.23. The summed E-state index contributed by atoms with van der Waals surface area (Å²) in [4.78, 5) is 4.74. The molecule has 0 aliphatic carbocycles. The van der Waals surface area contributed by atoms with Crippen LogP contribution in [0, 0.1) is 5.82 Å². The Hall–Kier alpha value is -1.13. The van der Waals surface area contributed by atoms with Gasteiger partial charge in [-0.1, -0.05) is 6.92 Å². The van der Waals surface area contributed by atoms with Gasteiger partial charge in [-0.25, -0.2) is 4.39 Å². The molecule has 1 aliphatic rings. The lowest BCUT2D eigenvalue weighted by atomic mass is 10.1. The van der Waals surface area contributed by atoms with Gasteiger partial charge in [-0.2, -0.15) is 0 Å². The number of hydrogen-bond donors (Lipinski definition) is 1. The van der Waals surface area contributed by atoms with E-state index in [1.54, 1.807) is 12.1 Å². The van der Waals surface area contributed by atoms with Gasteiger partial charge in [-0.05, 0) is 44.3 Å². The molecule has 2 rings (SSSR count). The first-order valence-corrected chi connectivity index (χ1v) is 7.06. The number of piperazine rings is 1. The van der Waals surface area contributed by atoms with Gasteiger partial charge in [0, 0.05) is 37.9 Å². The third-order valence-electron chi connectivity index (χ3n) is 3.75. The molecule has 4 heteroatoms. The van der Waals surface area contributed by atoms with Gasteiger partial charge in [0.2, 0.25) is 0 Å². The van der Waals surface area contributed by atoms with E-state index < -0.39 is 0 Å². The van der Waals surface area contributed by atoms with E-state index in [0.29, 0.717) is 6.04 Å². The Morgan fingerprint density at radius 3 is 2.84 bits per heavy atom. The molecule has 0 spiro atoms. The lowest BCUT2D eigenvalue weighted by Gasteiger charge is -2.40. The van der Waals surface area contributed by atoms with E-state index in [2.05, 4.69) is 36.0 Å². The van der Waals surface area contributed by atoms with Crippen molar-refractivity contribution in [3.8, 4) is 0 Å². The van der Waals surface area contributed by atoms with Gasteiger partial charge in [-0.15, -0.1) is 0 Å². The molecule has 1 aliphatic heterocycles. The van der Waals surface area contributed by atoms with Gasteiger partial charge in [0.1, 0.15) is 5.82 Å². The highest BCUT2D eigenvalue weighted by atomic mass is 19.1. The zero-order chi connectivity index (χ0) is 13.8. The average molecular weight is 265 g/mol. The molecule has 1 atom stereocenters. The van der Waals surface area contributed by atoms with E-state index in [-0.39, 0.29) is 5.82 Å². The molecule has 3 nitrogen and oxygen atoms in total. The number of likely N-dealkylation sites (N-methyl/N-ethyl adjacent to an activating group) is 1. The standard InChI is InChI=1S/C15H24FN3/c1-4-17-10-13-9-14(16)5-6-15(13)19-8-7-18(3)11-12(19)2/h5-6,9,12,17H,4,7-8,10-11H2,1-3H3. The van der Waals surface area contributed by atoms with E-state index in [1.807, 2.05) is 6.07 Å². The second-order valence-corrected chi connectivity index (χ2v) is 5.36. The molecule has 1 fully saturated rings. The van der Waals surface area contributed by atoms with Crippen molar-refractivity contribution in [2.45, 2.75) is 26.4 Å². The normalized spacial score (nSPS) is 20.8. The maximum Gasteiger partial charge on any atom is 0.123 e. The summed E-state index contributed by atoms with van der Waals surface area (Å²) in [5.74, 6) is -0.154. The van der Waals surface area contributed by atoms with Crippen LogP contribution in [0.3, 0.4) is 0 Å². The molecule has 0 bridgehead atoms. The van der Waals surface area contributed by atoms with E-state index in [1.165, 1.54) is 5.69 Å². The van der Waals surface area contributed by atoms with Crippen molar-refractivity contribution >= 4 is 5.69 Å². The fraction of sp³-hybridized carbons (Fsp3) is 0.600. The number of nitrogens with zero attached hydrogens (tertiary/aromatic N) is 2. The molecule has 0 saturated carbocycles. The first kappa shape index (κ1) is 14.3. The Morgan fingerprint density at radius 2 is 2.16 bits per heavy atom. The van der Waals surface area contributed by atoms with Crippen LogP contribution in [0.1, 0.15) is 19.4 Å². The lowest BCUT2D eigenvalue weighted by Crippen LogP contribution is -2.50. The van der Waals surface area contributed by atoms with E-state index in [4.69, 9.17) is 0 Å². The quantitative estimate of drug-likeness (QED) is 0.899. The minimum absolute atomic E-state index is 0.154. The number of hydrogen-bond acceptors (Lipinski definition) is 3. The molecular weight excluding hydrogens is 241 g/mol. The molecule has 1 saturated heterocycles. The van der Waals surface area contributed by atoms with Gasteiger partial charge in [0.15, 0.2) is 0 Å². The zero-order valence-corrected chi connectivity index (χ0v) is 12.1. The van der Waals surface area contributed by atoms with Gasteiger partial charge in [0.05, 0.1) is 0 Å².